The first kappa shape index (κ1) is 13.4. The molecule has 0 saturated carbocycles. The molecule has 2 heterocycles. The van der Waals surface area contributed by atoms with Crippen LogP contribution in [0.3, 0.4) is 0 Å². The first-order chi connectivity index (χ1) is 9.95. The molecule has 108 valence electrons. The van der Waals surface area contributed by atoms with Crippen molar-refractivity contribution in [1.82, 2.24) is 14.5 Å². The van der Waals surface area contributed by atoms with E-state index in [9.17, 15) is 13.2 Å². The van der Waals surface area contributed by atoms with Gasteiger partial charge in [-0.1, -0.05) is 6.07 Å². The van der Waals surface area contributed by atoms with Crippen molar-refractivity contribution < 1.29 is 13.2 Å². The van der Waals surface area contributed by atoms with E-state index in [1.54, 1.807) is 16.8 Å². The molecule has 2 aromatic heterocycles. The molecular weight excluding hydrogens is 281 g/mol. The Hall–Kier alpha value is -2.57. The Morgan fingerprint density at radius 3 is 2.62 bits per heavy atom. The zero-order chi connectivity index (χ0) is 15.0. The fourth-order valence-electron chi connectivity index (χ4n) is 2.19. The summed E-state index contributed by atoms with van der Waals surface area (Å²) < 4.78 is 39.9. The number of nitrogen functional groups attached to an aromatic ring is 1. The molecule has 0 fully saturated rings. The van der Waals surface area contributed by atoms with Gasteiger partial charge in [0.15, 0.2) is 0 Å². The zero-order valence-corrected chi connectivity index (χ0v) is 10.8. The van der Waals surface area contributed by atoms with Crippen molar-refractivity contribution in [1.29, 1.82) is 0 Å². The van der Waals surface area contributed by atoms with E-state index >= 15 is 0 Å². The van der Waals surface area contributed by atoms with E-state index in [1.807, 2.05) is 12.1 Å². The Labute approximate surface area is 118 Å². The molecule has 0 amide bonds. The second kappa shape index (κ2) is 4.76. The molecule has 0 unspecified atom stereocenters. The zero-order valence-electron chi connectivity index (χ0n) is 10.8. The van der Waals surface area contributed by atoms with Crippen LogP contribution in [0.5, 0.6) is 0 Å². The maximum atomic E-state index is 12.7. The third-order valence-electron chi connectivity index (χ3n) is 3.13. The Bertz CT molecular complexity index is 778. The summed E-state index contributed by atoms with van der Waals surface area (Å²) >= 11 is 0. The lowest BCUT2D eigenvalue weighted by Crippen LogP contribution is -2.07. The molecule has 0 radical (unpaired) electrons. The number of hydrogen-bond donors (Lipinski definition) is 1. The number of benzene rings is 1. The average molecular weight is 292 g/mol. The van der Waals surface area contributed by atoms with Crippen molar-refractivity contribution in [3.05, 3.63) is 54.1 Å². The molecular formula is C14H11F3N4. The summed E-state index contributed by atoms with van der Waals surface area (Å²) in [6.07, 6.45) is -1.32. The molecule has 4 nitrogen and oxygen atoms in total. The van der Waals surface area contributed by atoms with Gasteiger partial charge in [-0.05, 0) is 24.3 Å². The molecule has 21 heavy (non-hydrogen) atoms. The van der Waals surface area contributed by atoms with Gasteiger partial charge < -0.3 is 10.3 Å². The molecule has 1 aromatic carbocycles. The van der Waals surface area contributed by atoms with E-state index < -0.39 is 11.7 Å². The Balaban J connectivity index is 2.07. The van der Waals surface area contributed by atoms with Crippen molar-refractivity contribution in [3.8, 4) is 0 Å². The van der Waals surface area contributed by atoms with Crippen molar-refractivity contribution >= 4 is 16.7 Å². The summed E-state index contributed by atoms with van der Waals surface area (Å²) in [6.45, 7) is 0.396. The molecule has 0 atom stereocenters. The second-order valence-electron chi connectivity index (χ2n) is 4.62. The third-order valence-corrected chi connectivity index (χ3v) is 3.13. The number of hydrogen-bond acceptors (Lipinski definition) is 3. The van der Waals surface area contributed by atoms with Gasteiger partial charge >= 0.3 is 6.18 Å². The lowest BCUT2D eigenvalue weighted by atomic mass is 10.1. The van der Waals surface area contributed by atoms with Crippen LogP contribution in [0, 0.1) is 0 Å². The monoisotopic (exact) mass is 292 g/mol. The number of imidazole rings is 1. The number of aromatic nitrogens is 3. The number of rotatable bonds is 2. The number of halogens is 3. The van der Waals surface area contributed by atoms with Gasteiger partial charge in [-0.2, -0.15) is 13.2 Å². The minimum Gasteiger partial charge on any atom is -0.397 e. The Kier molecular flexibility index (Phi) is 3.04. The minimum absolute atomic E-state index is 0.0493. The Morgan fingerprint density at radius 2 is 1.95 bits per heavy atom. The maximum absolute atomic E-state index is 12.7. The number of alkyl halides is 3. The number of nitrogens with two attached hydrogens (primary N) is 1. The highest BCUT2D eigenvalue weighted by atomic mass is 19.4. The van der Waals surface area contributed by atoms with E-state index in [4.69, 9.17) is 5.73 Å². The minimum atomic E-state index is -4.44. The summed E-state index contributed by atoms with van der Waals surface area (Å²) in [7, 11) is 0. The van der Waals surface area contributed by atoms with Crippen LogP contribution in [0.2, 0.25) is 0 Å². The van der Waals surface area contributed by atoms with Crippen LogP contribution >= 0.6 is 0 Å². The fraction of sp³-hybridized carbons (Fsp3) is 0.143. The second-order valence-corrected chi connectivity index (χ2v) is 4.62. The van der Waals surface area contributed by atoms with Gasteiger partial charge in [0.25, 0.3) is 0 Å². The maximum Gasteiger partial charge on any atom is 0.416 e. The first-order valence-corrected chi connectivity index (χ1v) is 6.16. The SMILES string of the molecule is Nc1cc(C(F)(F)F)cc2ncn(Cc3ccccn3)c12. The van der Waals surface area contributed by atoms with Gasteiger partial charge in [0, 0.05) is 6.20 Å². The smallest absolute Gasteiger partial charge is 0.397 e. The van der Waals surface area contributed by atoms with Gasteiger partial charge in [0.05, 0.1) is 40.9 Å². The fourth-order valence-corrected chi connectivity index (χ4v) is 2.19. The largest absolute Gasteiger partial charge is 0.416 e. The molecule has 0 bridgehead atoms. The van der Waals surface area contributed by atoms with E-state index in [-0.39, 0.29) is 11.2 Å². The summed E-state index contributed by atoms with van der Waals surface area (Å²) in [5.74, 6) is 0. The molecule has 3 aromatic rings. The number of nitrogens with zero attached hydrogens (tertiary/aromatic N) is 3. The van der Waals surface area contributed by atoms with Crippen LogP contribution in [0.4, 0.5) is 18.9 Å². The molecule has 0 aliphatic heterocycles. The number of pyridine rings is 1. The highest BCUT2D eigenvalue weighted by molar-refractivity contribution is 5.88. The van der Waals surface area contributed by atoms with Gasteiger partial charge in [0.1, 0.15) is 0 Å². The standard InChI is InChI=1S/C14H11F3N4/c15-14(16,17)9-5-11(18)13-12(6-9)20-8-21(13)7-10-3-1-2-4-19-10/h1-6,8H,7,18H2. The topological polar surface area (TPSA) is 56.7 Å². The number of fused-ring (bicyclic) bond motifs is 1. The van der Waals surface area contributed by atoms with Crippen molar-refractivity contribution in [2.75, 3.05) is 5.73 Å². The van der Waals surface area contributed by atoms with Crippen molar-refractivity contribution in [3.63, 3.8) is 0 Å². The summed E-state index contributed by atoms with van der Waals surface area (Å²) in [6, 6.07) is 7.39. The molecule has 0 aliphatic rings. The van der Waals surface area contributed by atoms with Crippen LogP contribution in [0.25, 0.3) is 11.0 Å². The predicted molar refractivity (Wildman–Crippen MR) is 72.5 cm³/mol. The summed E-state index contributed by atoms with van der Waals surface area (Å²) in [4.78, 5) is 8.18. The van der Waals surface area contributed by atoms with Crippen LogP contribution in [-0.2, 0) is 12.7 Å². The van der Waals surface area contributed by atoms with Gasteiger partial charge in [0.2, 0.25) is 0 Å². The van der Waals surface area contributed by atoms with Crippen LogP contribution < -0.4 is 5.73 Å². The van der Waals surface area contributed by atoms with E-state index in [1.165, 1.54) is 6.33 Å². The highest BCUT2D eigenvalue weighted by Crippen LogP contribution is 2.34. The molecule has 0 aliphatic carbocycles. The predicted octanol–water partition coefficient (Wildman–Crippen LogP) is 3.08. The van der Waals surface area contributed by atoms with Gasteiger partial charge in [-0.3, -0.25) is 4.98 Å². The normalized spacial score (nSPS) is 12.0. The lowest BCUT2D eigenvalue weighted by Gasteiger charge is -2.10. The highest BCUT2D eigenvalue weighted by Gasteiger charge is 2.31. The third kappa shape index (κ3) is 2.54. The first-order valence-electron chi connectivity index (χ1n) is 6.16. The average Bonchev–Trinajstić information content (AvgIpc) is 2.82. The summed E-state index contributed by atoms with van der Waals surface area (Å²) in [5.41, 5.74) is 6.50. The van der Waals surface area contributed by atoms with Gasteiger partial charge in [-0.15, -0.1) is 0 Å². The quantitative estimate of drug-likeness (QED) is 0.738. The van der Waals surface area contributed by atoms with Crippen LogP contribution in [0.1, 0.15) is 11.3 Å². The van der Waals surface area contributed by atoms with Crippen LogP contribution in [0.15, 0.2) is 42.9 Å². The van der Waals surface area contributed by atoms with E-state index in [0.29, 0.717) is 12.1 Å². The molecule has 7 heteroatoms. The summed E-state index contributed by atoms with van der Waals surface area (Å²) in [5, 5.41) is 0. The number of anilines is 1. The molecule has 3 rings (SSSR count). The van der Waals surface area contributed by atoms with E-state index in [2.05, 4.69) is 9.97 Å². The van der Waals surface area contributed by atoms with Crippen LogP contribution in [-0.4, -0.2) is 14.5 Å². The van der Waals surface area contributed by atoms with Gasteiger partial charge in [-0.25, -0.2) is 4.98 Å². The van der Waals surface area contributed by atoms with Crippen molar-refractivity contribution in [2.24, 2.45) is 0 Å². The Morgan fingerprint density at radius 1 is 1.14 bits per heavy atom. The molecule has 0 spiro atoms. The van der Waals surface area contributed by atoms with Crippen molar-refractivity contribution in [2.45, 2.75) is 12.7 Å². The van der Waals surface area contributed by atoms with E-state index in [0.717, 1.165) is 17.8 Å². The molecule has 2 N–H and O–H groups in total. The molecule has 0 saturated heterocycles. The lowest BCUT2D eigenvalue weighted by molar-refractivity contribution is -0.137.